The standard InChI is InChI=1S/C16H10FNO3/c17-13-6-2-3-10(8-13)14-9-21-15(18-14)11-4-1-5-12(7-11)16(19)20/h1-9H,(H,19,20). The van der Waals surface area contributed by atoms with Crippen molar-refractivity contribution >= 4 is 5.97 Å². The van der Waals surface area contributed by atoms with E-state index in [1.165, 1.54) is 30.5 Å². The van der Waals surface area contributed by atoms with Crippen LogP contribution in [0.15, 0.2) is 59.2 Å². The van der Waals surface area contributed by atoms with E-state index in [4.69, 9.17) is 9.52 Å². The van der Waals surface area contributed by atoms with Crippen molar-refractivity contribution in [3.05, 3.63) is 66.2 Å². The highest BCUT2D eigenvalue weighted by Gasteiger charge is 2.11. The molecule has 1 heterocycles. The molecule has 0 spiro atoms. The number of aromatic carboxylic acids is 1. The van der Waals surface area contributed by atoms with Crippen molar-refractivity contribution in [3.63, 3.8) is 0 Å². The zero-order valence-corrected chi connectivity index (χ0v) is 10.8. The zero-order valence-electron chi connectivity index (χ0n) is 10.8. The Labute approximate surface area is 119 Å². The Hall–Kier alpha value is -2.95. The lowest BCUT2D eigenvalue weighted by Gasteiger charge is -1.98. The number of nitrogens with zero attached hydrogens (tertiary/aromatic N) is 1. The van der Waals surface area contributed by atoms with Gasteiger partial charge in [0.1, 0.15) is 17.8 Å². The predicted molar refractivity (Wildman–Crippen MR) is 74.3 cm³/mol. The van der Waals surface area contributed by atoms with Crippen molar-refractivity contribution in [3.8, 4) is 22.7 Å². The largest absolute Gasteiger partial charge is 0.478 e. The molecule has 0 fully saturated rings. The molecule has 3 aromatic rings. The Morgan fingerprint density at radius 3 is 2.62 bits per heavy atom. The first kappa shape index (κ1) is 13.1. The molecule has 5 heteroatoms. The van der Waals surface area contributed by atoms with Crippen LogP contribution < -0.4 is 0 Å². The summed E-state index contributed by atoms with van der Waals surface area (Å²) in [5.74, 6) is -1.09. The number of oxazole rings is 1. The lowest BCUT2D eigenvalue weighted by Crippen LogP contribution is -1.95. The van der Waals surface area contributed by atoms with Crippen LogP contribution in [0.2, 0.25) is 0 Å². The minimum absolute atomic E-state index is 0.151. The number of halogens is 1. The Morgan fingerprint density at radius 2 is 1.86 bits per heavy atom. The molecule has 0 unspecified atom stereocenters. The number of hydrogen-bond acceptors (Lipinski definition) is 3. The Bertz CT molecular complexity index is 811. The normalized spacial score (nSPS) is 10.5. The number of rotatable bonds is 3. The van der Waals surface area contributed by atoms with Gasteiger partial charge in [-0.2, -0.15) is 0 Å². The van der Waals surface area contributed by atoms with Crippen LogP contribution in [0.1, 0.15) is 10.4 Å². The lowest BCUT2D eigenvalue weighted by atomic mass is 10.1. The number of aromatic nitrogens is 1. The molecule has 21 heavy (non-hydrogen) atoms. The molecule has 104 valence electrons. The van der Waals surface area contributed by atoms with Crippen LogP contribution in [0.4, 0.5) is 4.39 Å². The third-order valence-corrected chi connectivity index (χ3v) is 2.98. The molecule has 3 rings (SSSR count). The van der Waals surface area contributed by atoms with Crippen LogP contribution in [0.25, 0.3) is 22.7 Å². The van der Waals surface area contributed by atoms with Crippen molar-refractivity contribution in [2.45, 2.75) is 0 Å². The highest BCUT2D eigenvalue weighted by Crippen LogP contribution is 2.25. The Kier molecular flexibility index (Phi) is 3.23. The molecule has 0 aliphatic carbocycles. The molecule has 0 aliphatic rings. The van der Waals surface area contributed by atoms with E-state index in [0.29, 0.717) is 16.8 Å². The van der Waals surface area contributed by atoms with E-state index < -0.39 is 5.97 Å². The fraction of sp³-hybridized carbons (Fsp3) is 0. The van der Waals surface area contributed by atoms with Gasteiger partial charge in [-0.1, -0.05) is 18.2 Å². The van der Waals surface area contributed by atoms with Gasteiger partial charge in [-0.3, -0.25) is 0 Å². The van der Waals surface area contributed by atoms with Gasteiger partial charge in [0.05, 0.1) is 5.56 Å². The van der Waals surface area contributed by atoms with Crippen LogP contribution >= 0.6 is 0 Å². The number of benzene rings is 2. The minimum Gasteiger partial charge on any atom is -0.478 e. The third kappa shape index (κ3) is 2.67. The molecule has 0 aliphatic heterocycles. The van der Waals surface area contributed by atoms with E-state index in [1.807, 2.05) is 0 Å². The second-order valence-electron chi connectivity index (χ2n) is 4.43. The van der Waals surface area contributed by atoms with Gasteiger partial charge in [-0.15, -0.1) is 0 Å². The van der Waals surface area contributed by atoms with E-state index >= 15 is 0 Å². The quantitative estimate of drug-likeness (QED) is 0.793. The number of hydrogen-bond donors (Lipinski definition) is 1. The first-order valence-electron chi connectivity index (χ1n) is 6.19. The fourth-order valence-corrected chi connectivity index (χ4v) is 1.97. The van der Waals surface area contributed by atoms with Crippen LogP contribution in [-0.2, 0) is 0 Å². The minimum atomic E-state index is -1.02. The maximum Gasteiger partial charge on any atom is 0.335 e. The van der Waals surface area contributed by atoms with Crippen molar-refractivity contribution in [2.24, 2.45) is 0 Å². The van der Waals surface area contributed by atoms with Gasteiger partial charge in [0.15, 0.2) is 0 Å². The summed E-state index contributed by atoms with van der Waals surface area (Å²) in [5.41, 5.74) is 1.79. The molecule has 0 atom stereocenters. The molecular formula is C16H10FNO3. The van der Waals surface area contributed by atoms with Gasteiger partial charge in [-0.05, 0) is 30.3 Å². The maximum absolute atomic E-state index is 13.2. The monoisotopic (exact) mass is 283 g/mol. The summed E-state index contributed by atoms with van der Waals surface area (Å²) in [6, 6.07) is 12.3. The van der Waals surface area contributed by atoms with Crippen LogP contribution in [0.5, 0.6) is 0 Å². The van der Waals surface area contributed by atoms with Crippen molar-refractivity contribution in [1.29, 1.82) is 0 Å². The lowest BCUT2D eigenvalue weighted by molar-refractivity contribution is 0.0697. The zero-order chi connectivity index (χ0) is 14.8. The van der Waals surface area contributed by atoms with E-state index in [9.17, 15) is 9.18 Å². The Balaban J connectivity index is 1.98. The van der Waals surface area contributed by atoms with Crippen molar-refractivity contribution in [2.75, 3.05) is 0 Å². The van der Waals surface area contributed by atoms with Gasteiger partial charge in [0.2, 0.25) is 5.89 Å². The summed E-state index contributed by atoms with van der Waals surface area (Å²) in [6.07, 6.45) is 1.41. The van der Waals surface area contributed by atoms with E-state index in [2.05, 4.69) is 4.98 Å². The molecule has 0 amide bonds. The summed E-state index contributed by atoms with van der Waals surface area (Å²) in [4.78, 5) is 15.2. The predicted octanol–water partition coefficient (Wildman–Crippen LogP) is 3.85. The van der Waals surface area contributed by atoms with Gasteiger partial charge in [-0.25, -0.2) is 14.2 Å². The van der Waals surface area contributed by atoms with Crippen molar-refractivity contribution < 1.29 is 18.7 Å². The number of carboxylic acid groups (broad SMARTS) is 1. The van der Waals surface area contributed by atoms with Gasteiger partial charge < -0.3 is 9.52 Å². The smallest absolute Gasteiger partial charge is 0.335 e. The van der Waals surface area contributed by atoms with Gasteiger partial charge >= 0.3 is 5.97 Å². The first-order chi connectivity index (χ1) is 10.1. The number of carboxylic acids is 1. The van der Waals surface area contributed by atoms with Crippen molar-refractivity contribution in [1.82, 2.24) is 4.98 Å². The highest BCUT2D eigenvalue weighted by molar-refractivity contribution is 5.89. The summed E-state index contributed by atoms with van der Waals surface area (Å²) < 4.78 is 18.6. The molecule has 0 saturated heterocycles. The maximum atomic E-state index is 13.2. The van der Waals surface area contributed by atoms with Crippen LogP contribution in [0, 0.1) is 5.82 Å². The SMILES string of the molecule is O=C(O)c1cccc(-c2nc(-c3cccc(F)c3)co2)c1. The van der Waals surface area contributed by atoms with E-state index in [-0.39, 0.29) is 17.3 Å². The summed E-state index contributed by atoms with van der Waals surface area (Å²) in [6.45, 7) is 0. The molecular weight excluding hydrogens is 273 g/mol. The third-order valence-electron chi connectivity index (χ3n) is 2.98. The molecule has 2 aromatic carbocycles. The Morgan fingerprint density at radius 1 is 1.10 bits per heavy atom. The molecule has 0 saturated carbocycles. The van der Waals surface area contributed by atoms with E-state index in [1.54, 1.807) is 24.3 Å². The molecule has 1 aromatic heterocycles. The van der Waals surface area contributed by atoms with Crippen LogP contribution in [-0.4, -0.2) is 16.1 Å². The summed E-state index contributed by atoms with van der Waals surface area (Å²) >= 11 is 0. The second-order valence-corrected chi connectivity index (χ2v) is 4.43. The van der Waals surface area contributed by atoms with Gasteiger partial charge in [0.25, 0.3) is 0 Å². The summed E-state index contributed by atoms with van der Waals surface area (Å²) in [7, 11) is 0. The number of carbonyl (C=O) groups is 1. The molecule has 4 nitrogen and oxygen atoms in total. The topological polar surface area (TPSA) is 63.3 Å². The fourth-order valence-electron chi connectivity index (χ4n) is 1.97. The molecule has 1 N–H and O–H groups in total. The molecule has 0 radical (unpaired) electrons. The second kappa shape index (κ2) is 5.20. The van der Waals surface area contributed by atoms with E-state index in [0.717, 1.165) is 0 Å². The highest BCUT2D eigenvalue weighted by atomic mass is 19.1. The average Bonchev–Trinajstić information content (AvgIpc) is 2.97. The van der Waals surface area contributed by atoms with Gasteiger partial charge in [0, 0.05) is 11.1 Å². The first-order valence-corrected chi connectivity index (χ1v) is 6.19. The molecule has 0 bridgehead atoms. The van der Waals surface area contributed by atoms with Crippen LogP contribution in [0.3, 0.4) is 0 Å². The average molecular weight is 283 g/mol. The summed E-state index contributed by atoms with van der Waals surface area (Å²) in [5, 5.41) is 8.98.